The molecule has 2 aromatic carbocycles. The van der Waals surface area contributed by atoms with Crippen molar-refractivity contribution in [2.24, 2.45) is 0 Å². The first-order valence-electron chi connectivity index (χ1n) is 14.4. The molecule has 0 radical (unpaired) electrons. The Bertz CT molecular complexity index is 1490. The number of hydrogen-bond acceptors (Lipinski definition) is 10. The number of amides is 1. The van der Waals surface area contributed by atoms with Crippen LogP contribution in [0.15, 0.2) is 54.7 Å². The van der Waals surface area contributed by atoms with E-state index in [0.29, 0.717) is 35.9 Å². The molecule has 0 spiro atoms. The molecule has 13 heteroatoms. The van der Waals surface area contributed by atoms with Gasteiger partial charge in [-0.3, -0.25) is 4.79 Å². The molecule has 3 heterocycles. The third kappa shape index (κ3) is 7.39. The maximum Gasteiger partial charge on any atom is 0.253 e. The van der Waals surface area contributed by atoms with E-state index < -0.39 is 43.2 Å². The van der Waals surface area contributed by atoms with Crippen molar-refractivity contribution in [2.75, 3.05) is 45.2 Å². The number of aromatic nitrogens is 2. The van der Waals surface area contributed by atoms with Gasteiger partial charge in [-0.2, -0.15) is 5.26 Å². The molecule has 5 rings (SSSR count). The topological polar surface area (TPSA) is 144 Å². The molecule has 1 aromatic heterocycles. The van der Waals surface area contributed by atoms with Crippen LogP contribution in [0.4, 0.5) is 20.3 Å². The van der Waals surface area contributed by atoms with Gasteiger partial charge in [0.25, 0.3) is 5.91 Å². The van der Waals surface area contributed by atoms with Gasteiger partial charge in [0.1, 0.15) is 41.8 Å². The largest absolute Gasteiger partial charge is 0.487 e. The molecule has 5 atom stereocenters. The third-order valence-electron chi connectivity index (χ3n) is 7.64. The lowest BCUT2D eigenvalue weighted by Gasteiger charge is -2.35. The fraction of sp³-hybridized carbons (Fsp3) is 0.419. The molecule has 3 aromatic rings. The number of nitriles is 1. The fourth-order valence-corrected chi connectivity index (χ4v) is 5.20. The number of aliphatic hydroxyl groups excluding tert-OH is 2. The Morgan fingerprint density at radius 1 is 1.09 bits per heavy atom. The summed E-state index contributed by atoms with van der Waals surface area (Å²) in [5, 5.41) is 31.5. The summed E-state index contributed by atoms with van der Waals surface area (Å²) in [4.78, 5) is 24.0. The quantitative estimate of drug-likeness (QED) is 0.332. The number of halogens is 2. The van der Waals surface area contributed by atoms with E-state index in [2.05, 4.69) is 21.4 Å². The molecular weight excluding hydrogens is 574 g/mol. The maximum atomic E-state index is 14.9. The standard InChI is InChI=1S/C31H34F2N6O5/c1-38-12-9-27(23(32)16-38)43-22-5-3-21(4-6-22)36-29-8-11-35-30(37-29)19-2-7-26(20(14-19)15-34)44-28-10-13-39(17-24(28)33)31(42)25(41)18-40/h2-8,11,14,23-25,27-28,40-41H,9-10,12-13,16-18H2,1H3,(H,35,36,37)/t23-,24-,25+,27+,28+/m1/s1. The van der Waals surface area contributed by atoms with Crippen LogP contribution in [-0.2, 0) is 4.79 Å². The van der Waals surface area contributed by atoms with Crippen LogP contribution in [0, 0.1) is 11.3 Å². The number of alkyl halides is 2. The molecule has 2 aliphatic heterocycles. The minimum absolute atomic E-state index is 0.140. The summed E-state index contributed by atoms with van der Waals surface area (Å²) >= 11 is 0. The van der Waals surface area contributed by atoms with Crippen molar-refractivity contribution in [3.8, 4) is 29.0 Å². The minimum atomic E-state index is -1.59. The average molecular weight is 609 g/mol. The predicted octanol–water partition coefficient (Wildman–Crippen LogP) is 2.85. The Morgan fingerprint density at radius 3 is 2.52 bits per heavy atom. The molecule has 0 unspecified atom stereocenters. The van der Waals surface area contributed by atoms with Crippen molar-refractivity contribution in [1.82, 2.24) is 19.8 Å². The number of piperidine rings is 2. The van der Waals surface area contributed by atoms with Crippen molar-refractivity contribution < 1.29 is 33.3 Å². The molecule has 2 fully saturated rings. The molecule has 11 nitrogen and oxygen atoms in total. The zero-order valence-electron chi connectivity index (χ0n) is 24.1. The number of nitrogens with one attached hydrogen (secondary N) is 1. The van der Waals surface area contributed by atoms with Gasteiger partial charge in [0, 0.05) is 43.5 Å². The van der Waals surface area contributed by atoms with Gasteiger partial charge in [-0.1, -0.05) is 0 Å². The second kappa shape index (κ2) is 13.9. The summed E-state index contributed by atoms with van der Waals surface area (Å²) in [6, 6.07) is 15.7. The number of carbonyl (C=O) groups excluding carboxylic acids is 1. The highest BCUT2D eigenvalue weighted by Gasteiger charge is 2.35. The smallest absolute Gasteiger partial charge is 0.253 e. The van der Waals surface area contributed by atoms with Gasteiger partial charge in [-0.25, -0.2) is 18.7 Å². The van der Waals surface area contributed by atoms with Gasteiger partial charge in [0.2, 0.25) is 0 Å². The molecule has 2 aliphatic rings. The zero-order chi connectivity index (χ0) is 31.2. The molecule has 2 saturated heterocycles. The Labute approximate surface area is 253 Å². The summed E-state index contributed by atoms with van der Waals surface area (Å²) < 4.78 is 40.9. The van der Waals surface area contributed by atoms with E-state index in [1.807, 2.05) is 24.1 Å². The summed E-state index contributed by atoms with van der Waals surface area (Å²) in [5.41, 5.74) is 1.46. The number of carbonyl (C=O) groups is 1. The van der Waals surface area contributed by atoms with E-state index in [1.165, 1.54) is 0 Å². The Balaban J connectivity index is 1.21. The monoisotopic (exact) mass is 608 g/mol. The second-order valence-electron chi connectivity index (χ2n) is 10.9. The lowest BCUT2D eigenvalue weighted by Crippen LogP contribution is -2.52. The van der Waals surface area contributed by atoms with Crippen molar-refractivity contribution in [2.45, 2.75) is 43.5 Å². The van der Waals surface area contributed by atoms with Gasteiger partial charge in [0.05, 0.1) is 18.7 Å². The molecule has 0 saturated carbocycles. The highest BCUT2D eigenvalue weighted by atomic mass is 19.1. The fourth-order valence-electron chi connectivity index (χ4n) is 5.20. The number of rotatable bonds is 9. The zero-order valence-corrected chi connectivity index (χ0v) is 24.1. The van der Waals surface area contributed by atoms with Crippen molar-refractivity contribution >= 4 is 17.4 Å². The number of likely N-dealkylation sites (tertiary alicyclic amines) is 2. The van der Waals surface area contributed by atoms with E-state index >= 15 is 0 Å². The summed E-state index contributed by atoms with van der Waals surface area (Å²) in [6.07, 6.45) is -3.20. The van der Waals surface area contributed by atoms with Crippen LogP contribution in [0.3, 0.4) is 0 Å². The Morgan fingerprint density at radius 2 is 1.82 bits per heavy atom. The predicted molar refractivity (Wildman–Crippen MR) is 157 cm³/mol. The third-order valence-corrected chi connectivity index (χ3v) is 7.64. The number of nitrogens with zero attached hydrogens (tertiary/aromatic N) is 5. The maximum absolute atomic E-state index is 14.9. The van der Waals surface area contributed by atoms with Gasteiger partial charge in [0.15, 0.2) is 18.1 Å². The normalized spacial score (nSPS) is 23.0. The van der Waals surface area contributed by atoms with Crippen LogP contribution in [-0.4, -0.2) is 106 Å². The van der Waals surface area contributed by atoms with Crippen LogP contribution in [0.5, 0.6) is 11.5 Å². The molecular formula is C31H34F2N6O5. The van der Waals surface area contributed by atoms with E-state index in [0.717, 1.165) is 17.1 Å². The number of hydrogen-bond donors (Lipinski definition) is 3. The van der Waals surface area contributed by atoms with Gasteiger partial charge in [-0.05, 0) is 62.0 Å². The molecule has 44 heavy (non-hydrogen) atoms. The Kier molecular flexibility index (Phi) is 9.84. The number of aliphatic hydroxyl groups is 2. The van der Waals surface area contributed by atoms with Gasteiger partial charge in [-0.15, -0.1) is 0 Å². The van der Waals surface area contributed by atoms with Gasteiger partial charge >= 0.3 is 0 Å². The highest BCUT2D eigenvalue weighted by Crippen LogP contribution is 2.29. The molecule has 3 N–H and O–H groups in total. The summed E-state index contributed by atoms with van der Waals surface area (Å²) in [7, 11) is 1.89. The van der Waals surface area contributed by atoms with E-state index in [-0.39, 0.29) is 30.8 Å². The first kappa shape index (κ1) is 31.1. The Hall–Kier alpha value is -4.38. The van der Waals surface area contributed by atoms with Crippen molar-refractivity contribution in [1.29, 1.82) is 5.26 Å². The summed E-state index contributed by atoms with van der Waals surface area (Å²) in [5.74, 6) is 0.898. The number of ether oxygens (including phenoxy) is 2. The van der Waals surface area contributed by atoms with E-state index in [1.54, 1.807) is 42.6 Å². The number of benzene rings is 2. The minimum Gasteiger partial charge on any atom is -0.487 e. The van der Waals surface area contributed by atoms with Crippen molar-refractivity contribution in [3.63, 3.8) is 0 Å². The average Bonchev–Trinajstić information content (AvgIpc) is 3.03. The van der Waals surface area contributed by atoms with E-state index in [4.69, 9.17) is 14.6 Å². The van der Waals surface area contributed by atoms with Crippen LogP contribution in [0.1, 0.15) is 18.4 Å². The van der Waals surface area contributed by atoms with Crippen LogP contribution in [0.2, 0.25) is 0 Å². The molecule has 0 bridgehead atoms. The lowest BCUT2D eigenvalue weighted by atomic mass is 10.0. The van der Waals surface area contributed by atoms with Crippen LogP contribution < -0.4 is 14.8 Å². The lowest BCUT2D eigenvalue weighted by molar-refractivity contribution is -0.146. The molecule has 0 aliphatic carbocycles. The first-order chi connectivity index (χ1) is 21.2. The van der Waals surface area contributed by atoms with Crippen LogP contribution in [0.25, 0.3) is 11.4 Å². The first-order valence-corrected chi connectivity index (χ1v) is 14.4. The van der Waals surface area contributed by atoms with Crippen molar-refractivity contribution in [3.05, 3.63) is 60.3 Å². The van der Waals surface area contributed by atoms with E-state index in [9.17, 15) is 23.9 Å². The highest BCUT2D eigenvalue weighted by molar-refractivity contribution is 5.81. The van der Waals surface area contributed by atoms with Gasteiger partial charge < -0.3 is 34.8 Å². The SMILES string of the molecule is CN1CC[C@H](Oc2ccc(Nc3ccnc(-c4ccc(O[C@H]5CCN(C(=O)[C@@H](O)CO)C[C@H]5F)c(C#N)c4)n3)cc2)[C@H](F)C1. The molecule has 232 valence electrons. The molecule has 1 amide bonds. The number of anilines is 2. The van der Waals surface area contributed by atoms with Crippen LogP contribution >= 0.6 is 0 Å². The summed E-state index contributed by atoms with van der Waals surface area (Å²) in [6.45, 7) is 0.246. The second-order valence-corrected chi connectivity index (χ2v) is 10.9.